The van der Waals surface area contributed by atoms with Crippen LogP contribution in [0.5, 0.6) is 0 Å². The molecule has 0 atom stereocenters. The van der Waals surface area contributed by atoms with Crippen molar-refractivity contribution in [1.82, 2.24) is 0 Å². The maximum absolute atomic E-state index is 5.78. The van der Waals surface area contributed by atoms with E-state index in [2.05, 4.69) is 30.9 Å². The monoisotopic (exact) mass is 183 g/mol. The van der Waals surface area contributed by atoms with Gasteiger partial charge in [0, 0.05) is 23.8 Å². The second-order valence-electron chi connectivity index (χ2n) is 2.65. The number of nitrogens with zero attached hydrogens (tertiary/aromatic N) is 1. The zero-order valence-electron chi connectivity index (χ0n) is 7.55. The van der Waals surface area contributed by atoms with E-state index in [1.807, 2.05) is 12.1 Å². The van der Waals surface area contributed by atoms with E-state index < -0.39 is 0 Å². The predicted octanol–water partition coefficient (Wildman–Crippen LogP) is 3.19. The average Bonchev–Trinajstić information content (AvgIpc) is 2.10. The number of rotatable bonds is 3. The van der Waals surface area contributed by atoms with E-state index in [9.17, 15) is 0 Å². The molecule has 66 valence electrons. The molecule has 0 saturated carbocycles. The first-order valence-electron chi connectivity index (χ1n) is 4.28. The third-order valence-electron chi connectivity index (χ3n) is 1.96. The molecule has 1 rings (SSSR count). The molecule has 0 aliphatic rings. The Morgan fingerprint density at radius 2 is 1.58 bits per heavy atom. The summed E-state index contributed by atoms with van der Waals surface area (Å²) in [5, 5.41) is 0.797. The Labute approximate surface area is 79.0 Å². The molecule has 2 heteroatoms. The molecule has 0 N–H and O–H groups in total. The van der Waals surface area contributed by atoms with Crippen LogP contribution < -0.4 is 4.90 Å². The molecule has 0 radical (unpaired) electrons. The summed E-state index contributed by atoms with van der Waals surface area (Å²) < 4.78 is 0. The minimum atomic E-state index is 0.797. The normalized spacial score (nSPS) is 9.92. The van der Waals surface area contributed by atoms with Crippen molar-refractivity contribution in [2.45, 2.75) is 13.8 Å². The summed E-state index contributed by atoms with van der Waals surface area (Å²) in [5.74, 6) is 0. The highest BCUT2D eigenvalue weighted by Crippen LogP contribution is 2.17. The summed E-state index contributed by atoms with van der Waals surface area (Å²) in [5.41, 5.74) is 1.24. The Morgan fingerprint density at radius 3 is 2.00 bits per heavy atom. The minimum absolute atomic E-state index is 0.797. The highest BCUT2D eigenvalue weighted by Gasteiger charge is 1.99. The fraction of sp³-hybridized carbons (Fsp3) is 0.400. The SMILES string of the molecule is CCN(CC)c1ccc(Cl)cc1. The quantitative estimate of drug-likeness (QED) is 0.696. The van der Waals surface area contributed by atoms with Crippen LogP contribution in [0.15, 0.2) is 24.3 Å². The van der Waals surface area contributed by atoms with E-state index in [0.29, 0.717) is 0 Å². The van der Waals surface area contributed by atoms with Crippen LogP contribution in [0.25, 0.3) is 0 Å². The topological polar surface area (TPSA) is 3.24 Å². The van der Waals surface area contributed by atoms with Gasteiger partial charge in [-0.25, -0.2) is 0 Å². The molecule has 0 fully saturated rings. The second-order valence-corrected chi connectivity index (χ2v) is 3.09. The number of halogens is 1. The number of hydrogen-bond acceptors (Lipinski definition) is 1. The Kier molecular flexibility index (Phi) is 3.42. The smallest absolute Gasteiger partial charge is 0.0407 e. The summed E-state index contributed by atoms with van der Waals surface area (Å²) in [6, 6.07) is 7.95. The Bertz CT molecular complexity index is 226. The standard InChI is InChI=1S/C10H14ClN/c1-3-12(4-2)10-7-5-9(11)6-8-10/h5-8H,3-4H2,1-2H3. The molecule has 0 unspecified atom stereocenters. The molecule has 0 aliphatic carbocycles. The maximum atomic E-state index is 5.78. The van der Waals surface area contributed by atoms with Crippen LogP contribution in [-0.4, -0.2) is 13.1 Å². The van der Waals surface area contributed by atoms with Crippen LogP contribution in [0.2, 0.25) is 5.02 Å². The second kappa shape index (κ2) is 4.36. The maximum Gasteiger partial charge on any atom is 0.0407 e. The van der Waals surface area contributed by atoms with Gasteiger partial charge in [-0.2, -0.15) is 0 Å². The number of benzene rings is 1. The molecule has 0 aromatic heterocycles. The van der Waals surface area contributed by atoms with Gasteiger partial charge in [0.25, 0.3) is 0 Å². The van der Waals surface area contributed by atoms with Crippen LogP contribution in [0.4, 0.5) is 5.69 Å². The zero-order chi connectivity index (χ0) is 8.97. The van der Waals surface area contributed by atoms with E-state index >= 15 is 0 Å². The summed E-state index contributed by atoms with van der Waals surface area (Å²) in [6.07, 6.45) is 0. The molecule has 1 nitrogen and oxygen atoms in total. The lowest BCUT2D eigenvalue weighted by Crippen LogP contribution is -2.21. The zero-order valence-corrected chi connectivity index (χ0v) is 8.30. The molecule has 0 saturated heterocycles. The Morgan fingerprint density at radius 1 is 1.08 bits per heavy atom. The molecular formula is C10H14ClN. The van der Waals surface area contributed by atoms with Gasteiger partial charge in [0.2, 0.25) is 0 Å². The summed E-state index contributed by atoms with van der Waals surface area (Å²) in [6.45, 7) is 6.38. The average molecular weight is 184 g/mol. The van der Waals surface area contributed by atoms with Crippen molar-refractivity contribution in [1.29, 1.82) is 0 Å². The van der Waals surface area contributed by atoms with Crippen LogP contribution in [0.3, 0.4) is 0 Å². The van der Waals surface area contributed by atoms with Gasteiger partial charge in [0.1, 0.15) is 0 Å². The van der Waals surface area contributed by atoms with Crippen LogP contribution in [-0.2, 0) is 0 Å². The van der Waals surface area contributed by atoms with Crippen molar-refractivity contribution in [2.75, 3.05) is 18.0 Å². The van der Waals surface area contributed by atoms with Crippen LogP contribution >= 0.6 is 11.6 Å². The molecule has 1 aromatic carbocycles. The van der Waals surface area contributed by atoms with Gasteiger partial charge in [-0.05, 0) is 38.1 Å². The minimum Gasteiger partial charge on any atom is -0.372 e. The van der Waals surface area contributed by atoms with Gasteiger partial charge in [-0.15, -0.1) is 0 Å². The Balaban J connectivity index is 2.80. The van der Waals surface area contributed by atoms with Crippen molar-refractivity contribution in [3.8, 4) is 0 Å². The van der Waals surface area contributed by atoms with Crippen molar-refractivity contribution in [3.05, 3.63) is 29.3 Å². The number of anilines is 1. The van der Waals surface area contributed by atoms with E-state index in [1.165, 1.54) is 5.69 Å². The first-order chi connectivity index (χ1) is 5.77. The molecule has 0 aliphatic heterocycles. The van der Waals surface area contributed by atoms with E-state index in [0.717, 1.165) is 18.1 Å². The van der Waals surface area contributed by atoms with Crippen molar-refractivity contribution in [3.63, 3.8) is 0 Å². The first kappa shape index (κ1) is 9.40. The van der Waals surface area contributed by atoms with Crippen LogP contribution in [0, 0.1) is 0 Å². The highest BCUT2D eigenvalue weighted by atomic mass is 35.5. The van der Waals surface area contributed by atoms with Crippen molar-refractivity contribution < 1.29 is 0 Å². The third kappa shape index (κ3) is 2.15. The lowest BCUT2D eigenvalue weighted by Gasteiger charge is -2.20. The lowest BCUT2D eigenvalue weighted by atomic mass is 10.3. The third-order valence-corrected chi connectivity index (χ3v) is 2.21. The molecular weight excluding hydrogens is 170 g/mol. The largest absolute Gasteiger partial charge is 0.372 e. The fourth-order valence-electron chi connectivity index (χ4n) is 1.24. The van der Waals surface area contributed by atoms with Gasteiger partial charge < -0.3 is 4.90 Å². The van der Waals surface area contributed by atoms with Crippen molar-refractivity contribution in [2.24, 2.45) is 0 Å². The van der Waals surface area contributed by atoms with Crippen molar-refractivity contribution >= 4 is 17.3 Å². The lowest BCUT2D eigenvalue weighted by molar-refractivity contribution is 0.866. The van der Waals surface area contributed by atoms with E-state index in [1.54, 1.807) is 0 Å². The summed E-state index contributed by atoms with van der Waals surface area (Å²) in [7, 11) is 0. The van der Waals surface area contributed by atoms with Crippen LogP contribution in [0.1, 0.15) is 13.8 Å². The van der Waals surface area contributed by atoms with Gasteiger partial charge >= 0.3 is 0 Å². The van der Waals surface area contributed by atoms with E-state index in [-0.39, 0.29) is 0 Å². The summed E-state index contributed by atoms with van der Waals surface area (Å²) in [4.78, 5) is 2.29. The highest BCUT2D eigenvalue weighted by molar-refractivity contribution is 6.30. The van der Waals surface area contributed by atoms with Gasteiger partial charge in [-0.3, -0.25) is 0 Å². The molecule has 0 spiro atoms. The number of hydrogen-bond donors (Lipinski definition) is 0. The van der Waals surface area contributed by atoms with Gasteiger partial charge in [0.05, 0.1) is 0 Å². The van der Waals surface area contributed by atoms with E-state index in [4.69, 9.17) is 11.6 Å². The fourth-order valence-corrected chi connectivity index (χ4v) is 1.37. The predicted molar refractivity (Wildman–Crippen MR) is 55.0 cm³/mol. The molecule has 0 bridgehead atoms. The summed E-state index contributed by atoms with van der Waals surface area (Å²) >= 11 is 5.78. The van der Waals surface area contributed by atoms with Gasteiger partial charge in [-0.1, -0.05) is 11.6 Å². The van der Waals surface area contributed by atoms with Gasteiger partial charge in [0.15, 0.2) is 0 Å². The molecule has 1 aromatic rings. The molecule has 0 heterocycles. The Hall–Kier alpha value is -0.690. The first-order valence-corrected chi connectivity index (χ1v) is 4.66. The molecule has 12 heavy (non-hydrogen) atoms. The molecule has 0 amide bonds.